The van der Waals surface area contributed by atoms with Gasteiger partial charge in [-0.1, -0.05) is 70.6 Å². The number of methoxy groups -OCH3 is 2. The van der Waals surface area contributed by atoms with Crippen LogP contribution in [0.5, 0.6) is 0 Å². The summed E-state index contributed by atoms with van der Waals surface area (Å²) in [6.45, 7) is 17.7. The SMILES string of the molecule is CC[C@H](C)[C@H]1O[C@]2(C=C[C@@H]1C)C[C@@H]1C[C@@H](CC=C(C)[C@@H](O[C@H]3C[C@@H](OC)[C@@H](O[C@H]4C[C@@H](OC)[C@@H](NC(C)=O)C(C)O4)C(C)O3)[C@@H](C)C=CC=C3CO[C@@H]4[C@H](O)C(C)=C[C@H](C(=O)O1)[C@]34O)O2. The summed E-state index contributed by atoms with van der Waals surface area (Å²) in [5.41, 5.74) is 0.116. The van der Waals surface area contributed by atoms with Crippen LogP contribution in [-0.2, 0) is 57.0 Å². The second-order valence-electron chi connectivity index (χ2n) is 19.7. The van der Waals surface area contributed by atoms with Crippen molar-refractivity contribution in [3.63, 3.8) is 0 Å². The van der Waals surface area contributed by atoms with Crippen LogP contribution in [0.3, 0.4) is 0 Å². The summed E-state index contributed by atoms with van der Waals surface area (Å²) in [5, 5.41) is 26.7. The monoisotopic (exact) mass is 914 g/mol. The number of fused-ring (bicyclic) bond motifs is 2. The van der Waals surface area contributed by atoms with Gasteiger partial charge in [0.15, 0.2) is 18.4 Å². The Kier molecular flexibility index (Phi) is 16.0. The number of esters is 1. The zero-order valence-corrected chi connectivity index (χ0v) is 40.2. The van der Waals surface area contributed by atoms with E-state index in [1.165, 1.54) is 6.92 Å². The predicted molar refractivity (Wildman–Crippen MR) is 239 cm³/mol. The van der Waals surface area contributed by atoms with Gasteiger partial charge in [-0.3, -0.25) is 9.59 Å². The lowest BCUT2D eigenvalue weighted by molar-refractivity contribution is -0.311. The standard InChI is InChI=1S/C50H75NO14/c1-12-26(2)45-29(5)18-19-49(65-45)24-36-21-35(64-49)17-16-28(4)44(27(3)14-13-15-34-25-58-47-43(53)30(6)20-37(48(54)61-36)50(34,47)55)62-41-23-39(57-11)46(32(8)60-41)63-40-22-38(56-10)42(31(7)59-40)51-33(9)52/h13-16,18-20,26-27,29,31-32,35-47,53,55H,12,17,21-25H2,1-11H3,(H,51,52)/t26-,27-,29-,31?,32?,35+,36-,37+,38+,39+,40-,41-,42-,43+,44-,45+,46-,47+,49+,50+/m0/s1. The third kappa shape index (κ3) is 10.6. The Morgan fingerprint density at radius 3 is 2.35 bits per heavy atom. The van der Waals surface area contributed by atoms with Crippen molar-refractivity contribution in [2.24, 2.45) is 23.7 Å². The van der Waals surface area contributed by atoms with Crippen LogP contribution in [-0.4, -0.2) is 140 Å². The van der Waals surface area contributed by atoms with E-state index in [4.69, 9.17) is 47.4 Å². The second-order valence-corrected chi connectivity index (χ2v) is 19.7. The van der Waals surface area contributed by atoms with Crippen LogP contribution in [0.1, 0.15) is 101 Å². The van der Waals surface area contributed by atoms with E-state index >= 15 is 0 Å². The third-order valence-electron chi connectivity index (χ3n) is 14.9. The van der Waals surface area contributed by atoms with E-state index in [1.54, 1.807) is 33.3 Å². The third-order valence-corrected chi connectivity index (χ3v) is 14.9. The van der Waals surface area contributed by atoms with Crippen molar-refractivity contribution < 1.29 is 67.2 Å². The largest absolute Gasteiger partial charge is 0.462 e. The molecule has 1 amide bonds. The van der Waals surface area contributed by atoms with Crippen LogP contribution in [0, 0.1) is 23.7 Å². The van der Waals surface area contributed by atoms with E-state index in [2.05, 4.69) is 45.2 Å². The molecule has 7 rings (SSSR count). The number of nitrogens with one attached hydrogen (secondary N) is 1. The lowest BCUT2D eigenvalue weighted by Gasteiger charge is -2.48. The smallest absolute Gasteiger partial charge is 0.316 e. The van der Waals surface area contributed by atoms with Crippen LogP contribution in [0.15, 0.2) is 59.3 Å². The van der Waals surface area contributed by atoms with Crippen LogP contribution < -0.4 is 5.32 Å². The Labute approximate surface area is 385 Å². The molecule has 0 radical (unpaired) electrons. The first-order valence-electron chi connectivity index (χ1n) is 23.8. The molecule has 20 atom stereocenters. The zero-order valence-electron chi connectivity index (χ0n) is 40.2. The molecular formula is C50H75NO14. The zero-order chi connectivity index (χ0) is 47.0. The number of carbonyl (C=O) groups is 2. The average Bonchev–Trinajstić information content (AvgIpc) is 3.61. The fourth-order valence-corrected chi connectivity index (χ4v) is 11.0. The van der Waals surface area contributed by atoms with Crippen molar-refractivity contribution in [3.05, 3.63) is 59.3 Å². The Morgan fingerprint density at radius 2 is 1.65 bits per heavy atom. The van der Waals surface area contributed by atoms with Gasteiger partial charge in [-0.15, -0.1) is 0 Å². The van der Waals surface area contributed by atoms with E-state index < -0.39 is 84.7 Å². The quantitative estimate of drug-likeness (QED) is 0.195. The van der Waals surface area contributed by atoms with E-state index in [9.17, 15) is 19.8 Å². The fourth-order valence-electron chi connectivity index (χ4n) is 11.0. The minimum Gasteiger partial charge on any atom is -0.462 e. The second kappa shape index (κ2) is 20.8. The summed E-state index contributed by atoms with van der Waals surface area (Å²) < 4.78 is 64.4. The molecule has 0 aromatic heterocycles. The first-order chi connectivity index (χ1) is 30.9. The molecule has 15 nitrogen and oxygen atoms in total. The molecule has 0 aromatic carbocycles. The summed E-state index contributed by atoms with van der Waals surface area (Å²) in [5.74, 6) is -2.75. The normalized spacial score (nSPS) is 45.2. The van der Waals surface area contributed by atoms with E-state index in [0.717, 1.165) is 12.0 Å². The van der Waals surface area contributed by atoms with Gasteiger partial charge < -0.3 is 62.9 Å². The number of hydrogen-bond donors (Lipinski definition) is 3. The summed E-state index contributed by atoms with van der Waals surface area (Å²) >= 11 is 0. The van der Waals surface area contributed by atoms with Gasteiger partial charge in [0.1, 0.15) is 35.9 Å². The highest BCUT2D eigenvalue weighted by Crippen LogP contribution is 2.47. The highest BCUT2D eigenvalue weighted by atomic mass is 16.7. The van der Waals surface area contributed by atoms with Gasteiger partial charge in [-0.05, 0) is 62.8 Å². The van der Waals surface area contributed by atoms with Gasteiger partial charge in [0.2, 0.25) is 5.91 Å². The van der Waals surface area contributed by atoms with Crippen molar-refractivity contribution in [1.29, 1.82) is 0 Å². The first-order valence-corrected chi connectivity index (χ1v) is 23.8. The minimum atomic E-state index is -1.84. The lowest BCUT2D eigenvalue weighted by atomic mass is 9.71. The molecule has 6 heterocycles. The number of ether oxygens (including phenoxy) is 10. The van der Waals surface area contributed by atoms with Gasteiger partial charge in [0.05, 0.1) is 55.4 Å². The molecule has 7 aliphatic rings. The molecule has 1 spiro atoms. The molecule has 1 aliphatic carbocycles. The minimum absolute atomic E-state index is 0.0270. The van der Waals surface area contributed by atoms with Gasteiger partial charge in [0.25, 0.3) is 0 Å². The van der Waals surface area contributed by atoms with Crippen molar-refractivity contribution >= 4 is 11.9 Å². The molecule has 4 fully saturated rings. The molecule has 15 heteroatoms. The Morgan fingerprint density at radius 1 is 0.938 bits per heavy atom. The van der Waals surface area contributed by atoms with E-state index in [0.29, 0.717) is 36.8 Å². The molecule has 6 aliphatic heterocycles. The number of allylic oxidation sites excluding steroid dienone is 2. The number of carbonyl (C=O) groups excluding carboxylic acids is 2. The van der Waals surface area contributed by atoms with Crippen molar-refractivity contribution in [1.82, 2.24) is 5.32 Å². The molecule has 65 heavy (non-hydrogen) atoms. The van der Waals surface area contributed by atoms with E-state index in [1.807, 2.05) is 39.0 Å². The Bertz CT molecular complexity index is 1850. The molecule has 364 valence electrons. The van der Waals surface area contributed by atoms with Crippen LogP contribution in [0.2, 0.25) is 0 Å². The van der Waals surface area contributed by atoms with Gasteiger partial charge in [-0.25, -0.2) is 0 Å². The van der Waals surface area contributed by atoms with Crippen molar-refractivity contribution in [3.8, 4) is 0 Å². The van der Waals surface area contributed by atoms with Gasteiger partial charge in [-0.2, -0.15) is 0 Å². The summed E-state index contributed by atoms with van der Waals surface area (Å²) in [6, 6.07) is -0.315. The van der Waals surface area contributed by atoms with Crippen molar-refractivity contribution in [2.75, 3.05) is 20.8 Å². The lowest BCUT2D eigenvalue weighted by Crippen LogP contribution is -2.58. The number of hydrogen-bond acceptors (Lipinski definition) is 14. The highest BCUT2D eigenvalue weighted by molar-refractivity contribution is 5.78. The molecule has 0 aromatic rings. The Hall–Kier alpha value is -2.80. The molecule has 4 saturated heterocycles. The van der Waals surface area contributed by atoms with Crippen LogP contribution in [0.25, 0.3) is 0 Å². The van der Waals surface area contributed by atoms with Gasteiger partial charge in [0, 0.05) is 58.7 Å². The maximum atomic E-state index is 14.4. The first kappa shape index (κ1) is 50.1. The number of aliphatic hydroxyl groups is 2. The summed E-state index contributed by atoms with van der Waals surface area (Å²) in [7, 11) is 3.27. The maximum Gasteiger partial charge on any atom is 0.316 e. The summed E-state index contributed by atoms with van der Waals surface area (Å²) in [4.78, 5) is 26.3. The van der Waals surface area contributed by atoms with E-state index in [-0.39, 0.29) is 61.0 Å². The van der Waals surface area contributed by atoms with Gasteiger partial charge >= 0.3 is 5.97 Å². The topological polar surface area (TPSA) is 179 Å². The molecule has 0 saturated carbocycles. The molecule has 3 N–H and O–H groups in total. The maximum absolute atomic E-state index is 14.4. The van der Waals surface area contributed by atoms with Crippen molar-refractivity contribution in [2.45, 2.75) is 198 Å². The molecule has 2 unspecified atom stereocenters. The number of rotatable bonds is 9. The number of aliphatic hydroxyl groups excluding tert-OH is 1. The fraction of sp³-hybridized carbons (Fsp3) is 0.760. The predicted octanol–water partition coefficient (Wildman–Crippen LogP) is 5.52. The highest BCUT2D eigenvalue weighted by Gasteiger charge is 2.60. The summed E-state index contributed by atoms with van der Waals surface area (Å²) in [6.07, 6.45) is 9.46. The molecule has 2 bridgehead atoms. The number of amides is 1. The Balaban J connectivity index is 1.16. The van der Waals surface area contributed by atoms with Crippen LogP contribution in [0.4, 0.5) is 0 Å². The molecular weight excluding hydrogens is 839 g/mol. The van der Waals surface area contributed by atoms with Crippen LogP contribution >= 0.6 is 0 Å². The average molecular weight is 914 g/mol.